The summed E-state index contributed by atoms with van der Waals surface area (Å²) in [6.45, 7) is 7.45. The monoisotopic (exact) mass is 208 g/mol. The molecule has 0 aromatic carbocycles. The first kappa shape index (κ1) is 11.5. The lowest BCUT2D eigenvalue weighted by Gasteiger charge is -2.21. The molecule has 0 radical (unpaired) electrons. The first-order chi connectivity index (χ1) is 7.25. The highest BCUT2D eigenvalue weighted by Crippen LogP contribution is 2.52. The highest BCUT2D eigenvalue weighted by Gasteiger charge is 2.44. The molecule has 0 amide bonds. The Morgan fingerprint density at radius 2 is 1.40 bits per heavy atom. The smallest absolute Gasteiger partial charge is 0.0355 e. The molecule has 0 heterocycles. The molecule has 0 bridgehead atoms. The highest BCUT2D eigenvalue weighted by atomic mass is 14.5. The Morgan fingerprint density at radius 3 is 1.87 bits per heavy atom. The van der Waals surface area contributed by atoms with Crippen LogP contribution in [0.25, 0.3) is 0 Å². The van der Waals surface area contributed by atoms with Crippen LogP contribution >= 0.6 is 0 Å². The van der Waals surface area contributed by atoms with Crippen LogP contribution in [0, 0.1) is 29.6 Å². The molecule has 0 spiro atoms. The van der Waals surface area contributed by atoms with E-state index in [0.717, 1.165) is 29.6 Å². The van der Waals surface area contributed by atoms with Gasteiger partial charge in [-0.25, -0.2) is 0 Å². The Hall–Kier alpha value is 0. The van der Waals surface area contributed by atoms with Gasteiger partial charge in [-0.1, -0.05) is 52.9 Å². The Morgan fingerprint density at radius 1 is 0.867 bits per heavy atom. The summed E-state index contributed by atoms with van der Waals surface area (Å²) in [7, 11) is 0. The quantitative estimate of drug-likeness (QED) is 0.606. The SMILES string of the molecule is CCCC1C(C)C2CCCCCC2C1C. The van der Waals surface area contributed by atoms with E-state index in [1.54, 1.807) is 0 Å². The molecule has 2 aliphatic rings. The molecular weight excluding hydrogens is 180 g/mol. The molecule has 2 rings (SSSR count). The zero-order chi connectivity index (χ0) is 10.8. The van der Waals surface area contributed by atoms with E-state index in [-0.39, 0.29) is 0 Å². The molecule has 4 unspecified atom stereocenters. The zero-order valence-electron chi connectivity index (χ0n) is 10.8. The summed E-state index contributed by atoms with van der Waals surface area (Å²) < 4.78 is 0. The largest absolute Gasteiger partial charge is 0.0654 e. The molecule has 0 heteroatoms. The van der Waals surface area contributed by atoms with E-state index < -0.39 is 0 Å². The van der Waals surface area contributed by atoms with Crippen LogP contribution in [-0.4, -0.2) is 0 Å². The van der Waals surface area contributed by atoms with Gasteiger partial charge in [0.05, 0.1) is 0 Å². The normalized spacial score (nSPS) is 46.2. The van der Waals surface area contributed by atoms with Gasteiger partial charge in [0.2, 0.25) is 0 Å². The van der Waals surface area contributed by atoms with Crippen molar-refractivity contribution in [2.75, 3.05) is 0 Å². The number of hydrogen-bond donors (Lipinski definition) is 0. The van der Waals surface area contributed by atoms with Gasteiger partial charge in [-0.3, -0.25) is 0 Å². The average molecular weight is 208 g/mol. The number of rotatable bonds is 2. The number of hydrogen-bond acceptors (Lipinski definition) is 0. The third kappa shape index (κ3) is 2.10. The molecule has 0 saturated heterocycles. The van der Waals surface area contributed by atoms with Gasteiger partial charge < -0.3 is 0 Å². The van der Waals surface area contributed by atoms with Crippen LogP contribution in [0.1, 0.15) is 65.7 Å². The van der Waals surface area contributed by atoms with Crippen LogP contribution in [0.4, 0.5) is 0 Å². The second-order valence-corrected chi connectivity index (χ2v) is 6.14. The maximum absolute atomic E-state index is 2.55. The summed E-state index contributed by atoms with van der Waals surface area (Å²) in [5, 5.41) is 0. The van der Waals surface area contributed by atoms with Crippen molar-refractivity contribution in [1.82, 2.24) is 0 Å². The lowest BCUT2D eigenvalue weighted by molar-refractivity contribution is 0.282. The molecule has 0 aromatic rings. The highest BCUT2D eigenvalue weighted by molar-refractivity contribution is 4.93. The van der Waals surface area contributed by atoms with E-state index in [4.69, 9.17) is 0 Å². The van der Waals surface area contributed by atoms with Crippen molar-refractivity contribution < 1.29 is 0 Å². The average Bonchev–Trinajstić information content (AvgIpc) is 2.47. The van der Waals surface area contributed by atoms with Gasteiger partial charge in [0.1, 0.15) is 0 Å². The minimum atomic E-state index is 1.02. The van der Waals surface area contributed by atoms with E-state index in [9.17, 15) is 0 Å². The van der Waals surface area contributed by atoms with Crippen molar-refractivity contribution in [3.63, 3.8) is 0 Å². The molecular formula is C15H28. The third-order valence-electron chi connectivity index (χ3n) is 5.45. The van der Waals surface area contributed by atoms with Crippen LogP contribution in [0.15, 0.2) is 0 Å². The Balaban J connectivity index is 2.08. The van der Waals surface area contributed by atoms with Crippen molar-refractivity contribution in [3.05, 3.63) is 0 Å². The molecule has 0 nitrogen and oxygen atoms in total. The molecule has 0 aromatic heterocycles. The summed E-state index contributed by atoms with van der Waals surface area (Å²) in [5.74, 6) is 5.24. The van der Waals surface area contributed by atoms with Gasteiger partial charge in [-0.05, 0) is 42.4 Å². The van der Waals surface area contributed by atoms with Crippen LogP contribution in [0.3, 0.4) is 0 Å². The van der Waals surface area contributed by atoms with E-state index in [2.05, 4.69) is 20.8 Å². The Bertz CT molecular complexity index is 178. The van der Waals surface area contributed by atoms with Crippen molar-refractivity contribution >= 4 is 0 Å². The molecule has 2 aliphatic carbocycles. The van der Waals surface area contributed by atoms with Gasteiger partial charge in [-0.2, -0.15) is 0 Å². The van der Waals surface area contributed by atoms with Gasteiger partial charge in [0, 0.05) is 0 Å². The van der Waals surface area contributed by atoms with Crippen LogP contribution in [-0.2, 0) is 0 Å². The molecule has 4 atom stereocenters. The predicted molar refractivity (Wildman–Crippen MR) is 66.8 cm³/mol. The third-order valence-corrected chi connectivity index (χ3v) is 5.45. The van der Waals surface area contributed by atoms with Gasteiger partial charge in [0.25, 0.3) is 0 Å². The van der Waals surface area contributed by atoms with Crippen molar-refractivity contribution in [2.45, 2.75) is 65.7 Å². The lowest BCUT2D eigenvalue weighted by atomic mass is 9.84. The van der Waals surface area contributed by atoms with Crippen molar-refractivity contribution in [3.8, 4) is 0 Å². The molecule has 2 fully saturated rings. The van der Waals surface area contributed by atoms with Crippen molar-refractivity contribution in [1.29, 1.82) is 0 Å². The fourth-order valence-electron chi connectivity index (χ4n) is 4.64. The molecule has 15 heavy (non-hydrogen) atoms. The molecule has 2 saturated carbocycles. The van der Waals surface area contributed by atoms with E-state index >= 15 is 0 Å². The van der Waals surface area contributed by atoms with E-state index in [1.807, 2.05) is 0 Å². The minimum absolute atomic E-state index is 1.02. The van der Waals surface area contributed by atoms with E-state index in [0.29, 0.717) is 0 Å². The second-order valence-electron chi connectivity index (χ2n) is 6.14. The van der Waals surface area contributed by atoms with Gasteiger partial charge in [0.15, 0.2) is 0 Å². The topological polar surface area (TPSA) is 0 Å². The number of fused-ring (bicyclic) bond motifs is 1. The van der Waals surface area contributed by atoms with Crippen LogP contribution in [0.2, 0.25) is 0 Å². The van der Waals surface area contributed by atoms with E-state index in [1.165, 1.54) is 44.9 Å². The fraction of sp³-hybridized carbons (Fsp3) is 1.00. The lowest BCUT2D eigenvalue weighted by Crippen LogP contribution is -2.13. The standard InChI is InChI=1S/C15H28/c1-4-8-13-11(2)14-9-6-5-7-10-15(14)12(13)3/h11-15H,4-10H2,1-3H3. The first-order valence-electron chi connectivity index (χ1n) is 7.25. The second kappa shape index (κ2) is 4.89. The summed E-state index contributed by atoms with van der Waals surface area (Å²) in [6.07, 6.45) is 10.5. The maximum Gasteiger partial charge on any atom is -0.0355 e. The predicted octanol–water partition coefficient (Wildman–Crippen LogP) is 4.89. The van der Waals surface area contributed by atoms with Crippen molar-refractivity contribution in [2.24, 2.45) is 29.6 Å². The van der Waals surface area contributed by atoms with Gasteiger partial charge in [-0.15, -0.1) is 0 Å². The summed E-state index contributed by atoms with van der Waals surface area (Å²) in [4.78, 5) is 0. The summed E-state index contributed by atoms with van der Waals surface area (Å²) in [5.41, 5.74) is 0. The Kier molecular flexibility index (Phi) is 3.74. The maximum atomic E-state index is 2.55. The first-order valence-corrected chi connectivity index (χ1v) is 7.25. The molecule has 0 N–H and O–H groups in total. The molecule has 0 aliphatic heterocycles. The summed E-state index contributed by atoms with van der Waals surface area (Å²) >= 11 is 0. The zero-order valence-corrected chi connectivity index (χ0v) is 10.8. The summed E-state index contributed by atoms with van der Waals surface area (Å²) in [6, 6.07) is 0. The fourth-order valence-corrected chi connectivity index (χ4v) is 4.64. The van der Waals surface area contributed by atoms with Crippen LogP contribution in [0.5, 0.6) is 0 Å². The van der Waals surface area contributed by atoms with Crippen LogP contribution < -0.4 is 0 Å². The Labute approximate surface area is 95.8 Å². The minimum Gasteiger partial charge on any atom is -0.0654 e. The molecule has 88 valence electrons. The van der Waals surface area contributed by atoms with Gasteiger partial charge >= 0.3 is 0 Å².